The fourth-order valence-corrected chi connectivity index (χ4v) is 4.06. The highest BCUT2D eigenvalue weighted by Crippen LogP contribution is 2.29. The summed E-state index contributed by atoms with van der Waals surface area (Å²) >= 11 is 12.0. The number of hydrogen-bond acceptors (Lipinski definition) is 5. The summed E-state index contributed by atoms with van der Waals surface area (Å²) in [5.41, 5.74) is -1.32. The number of aliphatic hydroxyl groups is 2. The number of benzene rings is 1. The van der Waals surface area contributed by atoms with Gasteiger partial charge in [-0.3, -0.25) is 4.98 Å². The van der Waals surface area contributed by atoms with Gasteiger partial charge in [0.25, 0.3) is 0 Å². The largest absolute Gasteiger partial charge is 0.393 e. The molecule has 2 aromatic rings. The van der Waals surface area contributed by atoms with E-state index in [0.29, 0.717) is 10.6 Å². The Morgan fingerprint density at radius 2 is 1.92 bits per heavy atom. The summed E-state index contributed by atoms with van der Waals surface area (Å²) in [6.45, 7) is 0.520. The molecule has 1 aromatic heterocycles. The van der Waals surface area contributed by atoms with Gasteiger partial charge in [0.1, 0.15) is 5.60 Å². The van der Waals surface area contributed by atoms with Crippen molar-refractivity contribution in [3.05, 3.63) is 57.8 Å². The summed E-state index contributed by atoms with van der Waals surface area (Å²) in [4.78, 5) is 4.01. The molecule has 136 valence electrons. The maximum absolute atomic E-state index is 12.7. The third-order valence-electron chi connectivity index (χ3n) is 3.78. The van der Waals surface area contributed by atoms with Gasteiger partial charge in [-0.1, -0.05) is 23.2 Å². The SMILES string of the molecule is Cc1cc(S(=O)(=O)N(C)CC(O)(CO)c2ncccc2Cl)ccc1Cl. The fourth-order valence-electron chi connectivity index (χ4n) is 2.34. The second-order valence-corrected chi connectivity index (χ2v) is 8.55. The minimum atomic E-state index is -3.91. The molecule has 0 saturated carbocycles. The van der Waals surface area contributed by atoms with Crippen LogP contribution in [0.5, 0.6) is 0 Å². The highest BCUT2D eigenvalue weighted by Gasteiger charge is 2.37. The predicted molar refractivity (Wildman–Crippen MR) is 96.2 cm³/mol. The molecule has 25 heavy (non-hydrogen) atoms. The maximum Gasteiger partial charge on any atom is 0.242 e. The summed E-state index contributed by atoms with van der Waals surface area (Å²) in [5.74, 6) is 0. The first-order valence-electron chi connectivity index (χ1n) is 7.28. The third kappa shape index (κ3) is 4.13. The van der Waals surface area contributed by atoms with Crippen LogP contribution in [0.2, 0.25) is 10.0 Å². The van der Waals surface area contributed by atoms with Gasteiger partial charge < -0.3 is 10.2 Å². The lowest BCUT2D eigenvalue weighted by Gasteiger charge is -2.30. The molecule has 0 aliphatic rings. The Kier molecular flexibility index (Phi) is 6.09. The van der Waals surface area contributed by atoms with Crippen molar-refractivity contribution in [2.75, 3.05) is 20.2 Å². The van der Waals surface area contributed by atoms with Gasteiger partial charge in [-0.2, -0.15) is 4.31 Å². The number of rotatable bonds is 6. The fraction of sp³-hybridized carbons (Fsp3) is 0.312. The van der Waals surface area contributed by atoms with Crippen LogP contribution in [0.1, 0.15) is 11.3 Å². The van der Waals surface area contributed by atoms with E-state index in [1.165, 1.54) is 37.5 Å². The number of nitrogens with zero attached hydrogens (tertiary/aromatic N) is 2. The molecule has 1 unspecified atom stereocenters. The van der Waals surface area contributed by atoms with Crippen LogP contribution < -0.4 is 0 Å². The average Bonchev–Trinajstić information content (AvgIpc) is 2.57. The van der Waals surface area contributed by atoms with Crippen LogP contribution in [-0.2, 0) is 15.6 Å². The summed E-state index contributed by atoms with van der Waals surface area (Å²) in [7, 11) is -2.61. The molecule has 2 N–H and O–H groups in total. The van der Waals surface area contributed by atoms with Crippen molar-refractivity contribution in [3.8, 4) is 0 Å². The van der Waals surface area contributed by atoms with Gasteiger partial charge >= 0.3 is 0 Å². The highest BCUT2D eigenvalue weighted by molar-refractivity contribution is 7.89. The number of aromatic nitrogens is 1. The monoisotopic (exact) mass is 404 g/mol. The first kappa shape index (κ1) is 20.1. The highest BCUT2D eigenvalue weighted by atomic mass is 35.5. The standard InChI is InChI=1S/C16H18Cl2N2O4S/c1-11-8-12(5-6-13(11)17)25(23,24)20(2)9-16(22,10-21)15-14(18)4-3-7-19-15/h3-8,21-22H,9-10H2,1-2H3. The topological polar surface area (TPSA) is 90.7 Å². The van der Waals surface area contributed by atoms with Crippen LogP contribution in [0, 0.1) is 6.92 Å². The van der Waals surface area contributed by atoms with Crippen LogP contribution >= 0.6 is 23.2 Å². The molecule has 0 amide bonds. The molecular weight excluding hydrogens is 387 g/mol. The Bertz CT molecular complexity index is 876. The molecular formula is C16H18Cl2N2O4S. The second kappa shape index (κ2) is 7.57. The Morgan fingerprint density at radius 3 is 2.48 bits per heavy atom. The number of aryl methyl sites for hydroxylation is 1. The van der Waals surface area contributed by atoms with E-state index < -0.39 is 28.8 Å². The third-order valence-corrected chi connectivity index (χ3v) is 6.31. The van der Waals surface area contributed by atoms with Gasteiger partial charge in [-0.25, -0.2) is 8.42 Å². The van der Waals surface area contributed by atoms with Crippen LogP contribution in [0.25, 0.3) is 0 Å². The number of likely N-dealkylation sites (N-methyl/N-ethyl adjacent to an activating group) is 1. The molecule has 0 bridgehead atoms. The Balaban J connectivity index is 2.37. The van der Waals surface area contributed by atoms with Crippen molar-refractivity contribution in [2.45, 2.75) is 17.4 Å². The second-order valence-electron chi connectivity index (χ2n) is 5.70. The maximum atomic E-state index is 12.7. The van der Waals surface area contributed by atoms with Gasteiger partial charge in [0.2, 0.25) is 10.0 Å². The van der Waals surface area contributed by atoms with E-state index in [4.69, 9.17) is 23.2 Å². The quantitative estimate of drug-likeness (QED) is 0.769. The lowest BCUT2D eigenvalue weighted by Crippen LogP contribution is -2.45. The Hall–Kier alpha value is -1.22. The first-order valence-corrected chi connectivity index (χ1v) is 9.48. The molecule has 9 heteroatoms. The molecule has 0 radical (unpaired) electrons. The molecule has 0 spiro atoms. The van der Waals surface area contributed by atoms with Crippen molar-refractivity contribution in [3.63, 3.8) is 0 Å². The first-order chi connectivity index (χ1) is 11.6. The van der Waals surface area contributed by atoms with Crippen molar-refractivity contribution < 1.29 is 18.6 Å². The van der Waals surface area contributed by atoms with E-state index in [0.717, 1.165) is 4.31 Å². The van der Waals surface area contributed by atoms with Gasteiger partial charge in [0.05, 0.1) is 28.8 Å². The number of aliphatic hydroxyl groups excluding tert-OH is 1. The molecule has 1 aromatic carbocycles. The minimum absolute atomic E-state index is 0.00787. The van der Waals surface area contributed by atoms with Crippen LogP contribution in [0.15, 0.2) is 41.4 Å². The van der Waals surface area contributed by atoms with Crippen LogP contribution in [0.4, 0.5) is 0 Å². The zero-order valence-electron chi connectivity index (χ0n) is 13.6. The molecule has 0 aliphatic heterocycles. The average molecular weight is 405 g/mol. The molecule has 0 aliphatic carbocycles. The van der Waals surface area contributed by atoms with Crippen LogP contribution in [0.3, 0.4) is 0 Å². The van der Waals surface area contributed by atoms with Gasteiger partial charge in [-0.15, -0.1) is 0 Å². The lowest BCUT2D eigenvalue weighted by molar-refractivity contribution is -0.0320. The van der Waals surface area contributed by atoms with Crippen molar-refractivity contribution in [1.29, 1.82) is 0 Å². The van der Waals surface area contributed by atoms with Crippen LogP contribution in [-0.4, -0.2) is 48.1 Å². The van der Waals surface area contributed by atoms with E-state index in [-0.39, 0.29) is 15.6 Å². The zero-order valence-corrected chi connectivity index (χ0v) is 16.0. The van der Waals surface area contributed by atoms with E-state index in [9.17, 15) is 18.6 Å². The number of halogens is 2. The molecule has 0 saturated heterocycles. The van der Waals surface area contributed by atoms with Crippen molar-refractivity contribution in [1.82, 2.24) is 9.29 Å². The van der Waals surface area contributed by atoms with E-state index in [2.05, 4.69) is 4.98 Å². The molecule has 6 nitrogen and oxygen atoms in total. The van der Waals surface area contributed by atoms with E-state index >= 15 is 0 Å². The predicted octanol–water partition coefficient (Wildman–Crippen LogP) is 2.20. The smallest absolute Gasteiger partial charge is 0.242 e. The van der Waals surface area contributed by atoms with Gasteiger partial charge in [0.15, 0.2) is 0 Å². The molecule has 2 rings (SSSR count). The minimum Gasteiger partial charge on any atom is -0.393 e. The Labute approximate surface area is 156 Å². The number of hydrogen-bond donors (Lipinski definition) is 2. The molecule has 0 fully saturated rings. The lowest BCUT2D eigenvalue weighted by atomic mass is 10.00. The zero-order chi connectivity index (χ0) is 18.8. The van der Waals surface area contributed by atoms with Gasteiger partial charge in [-0.05, 0) is 42.8 Å². The molecule has 1 heterocycles. The van der Waals surface area contributed by atoms with E-state index in [1.807, 2.05) is 0 Å². The normalized spacial score (nSPS) is 14.5. The number of pyridine rings is 1. The molecule has 1 atom stereocenters. The van der Waals surface area contributed by atoms with Gasteiger partial charge in [0, 0.05) is 18.3 Å². The Morgan fingerprint density at radius 1 is 1.24 bits per heavy atom. The number of sulfonamides is 1. The summed E-state index contributed by atoms with van der Waals surface area (Å²) in [6.07, 6.45) is 1.40. The summed E-state index contributed by atoms with van der Waals surface area (Å²) in [5, 5.41) is 21.0. The van der Waals surface area contributed by atoms with Crippen molar-refractivity contribution in [2.24, 2.45) is 0 Å². The summed E-state index contributed by atoms with van der Waals surface area (Å²) < 4.78 is 26.4. The van der Waals surface area contributed by atoms with E-state index in [1.54, 1.807) is 13.0 Å². The van der Waals surface area contributed by atoms with Crippen molar-refractivity contribution >= 4 is 33.2 Å². The summed E-state index contributed by atoms with van der Waals surface area (Å²) in [6, 6.07) is 7.39.